The molecular formula is C55H36N2O. The molecule has 0 saturated carbocycles. The third kappa shape index (κ3) is 5.98. The molecule has 1 heterocycles. The van der Waals surface area contributed by atoms with Gasteiger partial charge in [0.05, 0.1) is 0 Å². The van der Waals surface area contributed by atoms with Crippen molar-refractivity contribution in [3.63, 3.8) is 0 Å². The first-order valence-electron chi connectivity index (χ1n) is 19.7. The lowest BCUT2D eigenvalue weighted by Crippen LogP contribution is -2.09. The van der Waals surface area contributed by atoms with Crippen LogP contribution in [0.15, 0.2) is 223 Å². The summed E-state index contributed by atoms with van der Waals surface area (Å²) in [6, 6.07) is 77.8. The lowest BCUT2D eigenvalue weighted by molar-refractivity contribution is 0.623. The van der Waals surface area contributed by atoms with Gasteiger partial charge < -0.3 is 9.32 Å². The molecule has 3 heteroatoms. The molecule has 0 amide bonds. The number of aromatic nitrogens is 1. The monoisotopic (exact) mass is 740 g/mol. The van der Waals surface area contributed by atoms with E-state index in [9.17, 15) is 0 Å². The predicted octanol–water partition coefficient (Wildman–Crippen LogP) is 15.4. The Kier molecular flexibility index (Phi) is 8.15. The van der Waals surface area contributed by atoms with E-state index in [1.54, 1.807) is 0 Å². The van der Waals surface area contributed by atoms with Gasteiger partial charge in [0.25, 0.3) is 0 Å². The summed E-state index contributed by atoms with van der Waals surface area (Å²) in [5.41, 5.74) is 13.0. The molecule has 0 spiro atoms. The zero-order valence-corrected chi connectivity index (χ0v) is 31.6. The highest BCUT2D eigenvalue weighted by Crippen LogP contribution is 2.40. The summed E-state index contributed by atoms with van der Waals surface area (Å²) in [6.07, 6.45) is 0. The molecule has 272 valence electrons. The SMILES string of the molecule is c1ccc(-c2nc3ccc4ccc(-c5ccc(-c6ccc(N(c7ccccc7)c7ccc(-c8cc9ccccc9c9ccccc89)cc7)cc6)cc5)cc4c3o2)cc1. The summed E-state index contributed by atoms with van der Waals surface area (Å²) >= 11 is 0. The van der Waals surface area contributed by atoms with Crippen LogP contribution in [0.1, 0.15) is 0 Å². The van der Waals surface area contributed by atoms with Crippen LogP contribution in [-0.2, 0) is 0 Å². The molecule has 0 radical (unpaired) electrons. The van der Waals surface area contributed by atoms with Crippen molar-refractivity contribution in [3.8, 4) is 44.8 Å². The van der Waals surface area contributed by atoms with Gasteiger partial charge in [-0.3, -0.25) is 0 Å². The average Bonchev–Trinajstić information content (AvgIpc) is 3.76. The van der Waals surface area contributed by atoms with E-state index < -0.39 is 0 Å². The molecule has 58 heavy (non-hydrogen) atoms. The van der Waals surface area contributed by atoms with Crippen molar-refractivity contribution in [3.05, 3.63) is 218 Å². The number of para-hydroxylation sites is 1. The van der Waals surface area contributed by atoms with Crippen LogP contribution in [0.4, 0.5) is 17.1 Å². The quantitative estimate of drug-likeness (QED) is 0.152. The van der Waals surface area contributed by atoms with Crippen LogP contribution < -0.4 is 4.90 Å². The lowest BCUT2D eigenvalue weighted by atomic mass is 9.93. The van der Waals surface area contributed by atoms with Gasteiger partial charge in [0.1, 0.15) is 5.52 Å². The summed E-state index contributed by atoms with van der Waals surface area (Å²) in [6.45, 7) is 0. The van der Waals surface area contributed by atoms with Gasteiger partial charge in [-0.2, -0.15) is 0 Å². The minimum Gasteiger partial charge on any atom is -0.435 e. The van der Waals surface area contributed by atoms with Crippen molar-refractivity contribution in [1.29, 1.82) is 0 Å². The fourth-order valence-corrected chi connectivity index (χ4v) is 8.35. The maximum atomic E-state index is 6.35. The maximum Gasteiger partial charge on any atom is 0.227 e. The average molecular weight is 741 g/mol. The predicted molar refractivity (Wildman–Crippen MR) is 243 cm³/mol. The van der Waals surface area contributed by atoms with Crippen molar-refractivity contribution >= 4 is 60.5 Å². The van der Waals surface area contributed by atoms with Crippen molar-refractivity contribution in [2.24, 2.45) is 0 Å². The molecule has 3 nitrogen and oxygen atoms in total. The number of oxazole rings is 1. The molecule has 11 rings (SSSR count). The Morgan fingerprint density at radius 3 is 1.55 bits per heavy atom. The molecule has 11 aromatic rings. The second-order valence-electron chi connectivity index (χ2n) is 14.8. The Hall–Kier alpha value is -7.75. The number of fused-ring (bicyclic) bond motifs is 6. The first kappa shape index (κ1) is 33.6. The largest absolute Gasteiger partial charge is 0.435 e. The van der Waals surface area contributed by atoms with Crippen LogP contribution in [0.5, 0.6) is 0 Å². The summed E-state index contributed by atoms with van der Waals surface area (Å²) in [4.78, 5) is 7.12. The highest BCUT2D eigenvalue weighted by atomic mass is 16.3. The lowest BCUT2D eigenvalue weighted by Gasteiger charge is -2.26. The van der Waals surface area contributed by atoms with Crippen molar-refractivity contribution in [2.45, 2.75) is 0 Å². The van der Waals surface area contributed by atoms with E-state index in [4.69, 9.17) is 9.40 Å². The fraction of sp³-hybridized carbons (Fsp3) is 0. The summed E-state index contributed by atoms with van der Waals surface area (Å²) in [7, 11) is 0. The fourth-order valence-electron chi connectivity index (χ4n) is 8.35. The summed E-state index contributed by atoms with van der Waals surface area (Å²) in [5, 5.41) is 7.26. The van der Waals surface area contributed by atoms with Crippen LogP contribution in [0.2, 0.25) is 0 Å². The van der Waals surface area contributed by atoms with E-state index in [1.165, 1.54) is 38.2 Å². The number of benzene rings is 10. The van der Waals surface area contributed by atoms with Gasteiger partial charge >= 0.3 is 0 Å². The first-order valence-corrected chi connectivity index (χ1v) is 19.7. The van der Waals surface area contributed by atoms with Crippen molar-refractivity contribution in [1.82, 2.24) is 4.98 Å². The standard InChI is InChI=1S/C55H36N2O/c1-3-11-42(12-4-1)55-56-53-34-29-41-23-24-43(35-52(41)54(53)58-55)39-21-19-37(20-22-39)38-25-30-46(31-26-38)57(45-14-5-2-6-15-45)47-32-27-40(28-33-47)51-36-44-13-7-8-16-48(44)49-17-9-10-18-50(49)51/h1-36H. The molecule has 0 saturated heterocycles. The van der Waals surface area contributed by atoms with E-state index in [0.29, 0.717) is 5.89 Å². The molecular weight excluding hydrogens is 705 g/mol. The molecule has 0 N–H and O–H groups in total. The Bertz CT molecular complexity index is 3240. The Balaban J connectivity index is 0.890. The highest BCUT2D eigenvalue weighted by Gasteiger charge is 2.16. The zero-order chi connectivity index (χ0) is 38.4. The molecule has 0 aliphatic rings. The smallest absolute Gasteiger partial charge is 0.227 e. The maximum absolute atomic E-state index is 6.35. The minimum atomic E-state index is 0.638. The van der Waals surface area contributed by atoms with Gasteiger partial charge in [0.2, 0.25) is 5.89 Å². The van der Waals surface area contributed by atoms with Crippen LogP contribution in [-0.4, -0.2) is 4.98 Å². The highest BCUT2D eigenvalue weighted by molar-refractivity contribution is 6.14. The molecule has 0 aliphatic carbocycles. The zero-order valence-electron chi connectivity index (χ0n) is 31.6. The normalized spacial score (nSPS) is 11.4. The van der Waals surface area contributed by atoms with Crippen LogP contribution in [0.25, 0.3) is 88.3 Å². The van der Waals surface area contributed by atoms with Crippen LogP contribution >= 0.6 is 0 Å². The third-order valence-corrected chi connectivity index (χ3v) is 11.3. The third-order valence-electron chi connectivity index (χ3n) is 11.3. The van der Waals surface area contributed by atoms with Gasteiger partial charge in [-0.1, -0.05) is 152 Å². The molecule has 0 atom stereocenters. The van der Waals surface area contributed by atoms with Gasteiger partial charge in [-0.05, 0) is 127 Å². The van der Waals surface area contributed by atoms with Crippen molar-refractivity contribution in [2.75, 3.05) is 4.90 Å². The van der Waals surface area contributed by atoms with Crippen molar-refractivity contribution < 1.29 is 4.42 Å². The minimum absolute atomic E-state index is 0.638. The molecule has 0 bridgehead atoms. The first-order chi connectivity index (χ1) is 28.7. The van der Waals surface area contributed by atoms with E-state index in [2.05, 4.69) is 187 Å². The number of anilines is 3. The van der Waals surface area contributed by atoms with E-state index in [1.807, 2.05) is 36.4 Å². The second-order valence-corrected chi connectivity index (χ2v) is 14.8. The summed E-state index contributed by atoms with van der Waals surface area (Å²) < 4.78 is 6.35. The van der Waals surface area contributed by atoms with Gasteiger partial charge in [0, 0.05) is 28.0 Å². The summed E-state index contributed by atoms with van der Waals surface area (Å²) in [5.74, 6) is 0.638. The van der Waals surface area contributed by atoms with Crippen LogP contribution in [0, 0.1) is 0 Å². The molecule has 10 aromatic carbocycles. The van der Waals surface area contributed by atoms with E-state index in [0.717, 1.165) is 61.2 Å². The van der Waals surface area contributed by atoms with Gasteiger partial charge in [-0.15, -0.1) is 0 Å². The Labute approximate surface area is 336 Å². The van der Waals surface area contributed by atoms with E-state index in [-0.39, 0.29) is 0 Å². The molecule has 1 aromatic heterocycles. The Morgan fingerprint density at radius 2 is 0.845 bits per heavy atom. The molecule has 0 fully saturated rings. The number of rotatable bonds is 7. The topological polar surface area (TPSA) is 29.3 Å². The molecule has 0 unspecified atom stereocenters. The number of hydrogen-bond acceptors (Lipinski definition) is 3. The Morgan fingerprint density at radius 1 is 0.328 bits per heavy atom. The molecule has 0 aliphatic heterocycles. The number of nitrogens with zero attached hydrogens (tertiary/aromatic N) is 2. The van der Waals surface area contributed by atoms with Crippen LogP contribution in [0.3, 0.4) is 0 Å². The van der Waals surface area contributed by atoms with Gasteiger partial charge in [0.15, 0.2) is 5.58 Å². The van der Waals surface area contributed by atoms with Gasteiger partial charge in [-0.25, -0.2) is 4.98 Å². The van der Waals surface area contributed by atoms with E-state index >= 15 is 0 Å². The number of hydrogen-bond donors (Lipinski definition) is 0. The second kappa shape index (κ2) is 14.1.